The van der Waals surface area contributed by atoms with Gasteiger partial charge in [0.15, 0.2) is 0 Å². The summed E-state index contributed by atoms with van der Waals surface area (Å²) in [6.07, 6.45) is 0. The van der Waals surface area contributed by atoms with Crippen LogP contribution in [0.2, 0.25) is 0 Å². The smallest absolute Gasteiger partial charge is 0.0541 e. The molecule has 2 heteroatoms. The van der Waals surface area contributed by atoms with Crippen molar-refractivity contribution in [2.24, 2.45) is 0 Å². The largest absolute Gasteiger partial charge is 0.310 e. The van der Waals surface area contributed by atoms with Gasteiger partial charge in [0, 0.05) is 44.2 Å². The molecule has 0 amide bonds. The summed E-state index contributed by atoms with van der Waals surface area (Å²) in [6, 6.07) is 67.6. The van der Waals surface area contributed by atoms with Crippen LogP contribution in [0, 0.1) is 0 Å². The Kier molecular flexibility index (Phi) is 7.76. The molecule has 2 nitrogen and oxygen atoms in total. The van der Waals surface area contributed by atoms with E-state index in [1.165, 1.54) is 77.4 Å². The summed E-state index contributed by atoms with van der Waals surface area (Å²) in [6.45, 7) is 9.45. The van der Waals surface area contributed by atoms with Gasteiger partial charge in [-0.2, -0.15) is 0 Å². The Labute approximate surface area is 336 Å². The van der Waals surface area contributed by atoms with E-state index in [1.807, 2.05) is 0 Å². The fourth-order valence-electron chi connectivity index (χ4n) is 10.0. The zero-order valence-electron chi connectivity index (χ0n) is 32.2. The van der Waals surface area contributed by atoms with Crippen LogP contribution in [-0.2, 0) is 10.8 Å². The Morgan fingerprint density at radius 1 is 0.386 bits per heavy atom. The Bertz CT molecular complexity index is 2980. The summed E-state index contributed by atoms with van der Waals surface area (Å²) in [5.74, 6) is 0. The van der Waals surface area contributed by atoms with Gasteiger partial charge in [-0.1, -0.05) is 163 Å². The normalized spacial score (nSPS) is 14.1. The molecule has 0 bridgehead atoms. The second-order valence-electron chi connectivity index (χ2n) is 16.6. The average Bonchev–Trinajstić information content (AvgIpc) is 3.78. The van der Waals surface area contributed by atoms with Gasteiger partial charge in [0.2, 0.25) is 0 Å². The molecule has 0 radical (unpaired) electrons. The molecule has 276 valence electrons. The van der Waals surface area contributed by atoms with Crippen LogP contribution in [-0.4, -0.2) is 4.57 Å². The number of aromatic nitrogens is 1. The van der Waals surface area contributed by atoms with Crippen molar-refractivity contribution in [2.45, 2.75) is 46.0 Å². The molecular weight excluding hydrogens is 689 g/mol. The molecule has 9 aromatic rings. The Hall–Kier alpha value is -6.64. The molecule has 0 N–H and O–H groups in total. The zero-order valence-corrected chi connectivity index (χ0v) is 32.2. The lowest BCUT2D eigenvalue weighted by molar-refractivity contribution is 0.660. The number of benzene rings is 8. The van der Waals surface area contributed by atoms with Gasteiger partial charge in [-0.05, 0) is 105 Å². The SMILES string of the molecule is C.CC1(C)c2ccccc2-c2cc(N(c3ccc4c(c3)C(C)(C)c3ccccc3-4)c3ccccc3-c3ccc(-n4c5ccccc5c5ccccc54)cc3)ccc21. The van der Waals surface area contributed by atoms with Gasteiger partial charge < -0.3 is 9.47 Å². The molecule has 0 saturated heterocycles. The summed E-state index contributed by atoms with van der Waals surface area (Å²) in [5, 5.41) is 2.54. The highest BCUT2D eigenvalue weighted by molar-refractivity contribution is 6.09. The van der Waals surface area contributed by atoms with E-state index in [1.54, 1.807) is 0 Å². The average molecular weight is 735 g/mol. The molecule has 2 aliphatic rings. The van der Waals surface area contributed by atoms with Crippen LogP contribution < -0.4 is 4.90 Å². The van der Waals surface area contributed by atoms with Gasteiger partial charge in [0.05, 0.1) is 16.7 Å². The van der Waals surface area contributed by atoms with E-state index in [0.717, 1.165) is 22.7 Å². The summed E-state index contributed by atoms with van der Waals surface area (Å²) in [4.78, 5) is 2.49. The first-order chi connectivity index (χ1) is 27.3. The third kappa shape index (κ3) is 5.03. The minimum atomic E-state index is -0.114. The van der Waals surface area contributed by atoms with Crippen molar-refractivity contribution in [3.05, 3.63) is 204 Å². The molecule has 1 aromatic heterocycles. The van der Waals surface area contributed by atoms with Crippen molar-refractivity contribution >= 4 is 38.9 Å². The quantitative estimate of drug-likeness (QED) is 0.171. The summed E-state index contributed by atoms with van der Waals surface area (Å²) < 4.78 is 2.39. The Morgan fingerprint density at radius 2 is 0.860 bits per heavy atom. The van der Waals surface area contributed by atoms with Gasteiger partial charge in [-0.25, -0.2) is 0 Å². The van der Waals surface area contributed by atoms with E-state index in [2.05, 4.69) is 219 Å². The number of nitrogens with zero attached hydrogens (tertiary/aromatic N) is 2. The van der Waals surface area contributed by atoms with Crippen molar-refractivity contribution in [3.8, 4) is 39.1 Å². The van der Waals surface area contributed by atoms with Crippen molar-refractivity contribution < 1.29 is 0 Å². The molecule has 8 aromatic carbocycles. The molecule has 0 fully saturated rings. The Balaban J connectivity index is 0.00000396. The third-order valence-electron chi connectivity index (χ3n) is 12.8. The Morgan fingerprint density at radius 3 is 1.53 bits per heavy atom. The van der Waals surface area contributed by atoms with Gasteiger partial charge in [-0.15, -0.1) is 0 Å². The van der Waals surface area contributed by atoms with Crippen LogP contribution in [0.15, 0.2) is 182 Å². The van der Waals surface area contributed by atoms with Crippen molar-refractivity contribution in [1.82, 2.24) is 4.57 Å². The summed E-state index contributed by atoms with van der Waals surface area (Å²) in [7, 11) is 0. The topological polar surface area (TPSA) is 8.17 Å². The second-order valence-corrected chi connectivity index (χ2v) is 16.6. The highest BCUT2D eigenvalue weighted by atomic mass is 15.1. The molecule has 2 aliphatic carbocycles. The van der Waals surface area contributed by atoms with Crippen LogP contribution >= 0.6 is 0 Å². The van der Waals surface area contributed by atoms with E-state index in [0.29, 0.717) is 0 Å². The molecular formula is C55H46N2. The number of rotatable bonds is 5. The maximum atomic E-state index is 2.49. The standard InChI is InChI=1S/C54H42N2.CH4/c1-53(2)47-21-11-6-17-41(47)45-33-37(30-32-48(45)53)55(38-29-31-42-40-16-5-10-20-46(40)54(3,4)49(42)34-38)50-22-12-7-15-39(50)35-25-27-36(28-26-35)56-51-23-13-8-18-43(51)44-19-9-14-24-52(44)56;/h5-34H,1-4H3;1H4. The number of para-hydroxylation sites is 3. The first kappa shape index (κ1) is 34.8. The molecule has 0 saturated carbocycles. The fraction of sp³-hybridized carbons (Fsp3) is 0.127. The monoisotopic (exact) mass is 734 g/mol. The second kappa shape index (κ2) is 12.7. The lowest BCUT2D eigenvalue weighted by Gasteiger charge is -2.30. The van der Waals surface area contributed by atoms with E-state index >= 15 is 0 Å². The zero-order chi connectivity index (χ0) is 37.8. The molecule has 0 aliphatic heterocycles. The van der Waals surface area contributed by atoms with Gasteiger partial charge in [0.1, 0.15) is 0 Å². The van der Waals surface area contributed by atoms with Crippen molar-refractivity contribution in [2.75, 3.05) is 4.90 Å². The van der Waals surface area contributed by atoms with E-state index in [9.17, 15) is 0 Å². The number of hydrogen-bond acceptors (Lipinski definition) is 1. The maximum Gasteiger partial charge on any atom is 0.0541 e. The van der Waals surface area contributed by atoms with E-state index in [4.69, 9.17) is 0 Å². The van der Waals surface area contributed by atoms with Gasteiger partial charge in [-0.3, -0.25) is 0 Å². The van der Waals surface area contributed by atoms with Crippen LogP contribution in [0.4, 0.5) is 17.1 Å². The lowest BCUT2D eigenvalue weighted by atomic mass is 9.82. The molecule has 0 atom stereocenters. The minimum absolute atomic E-state index is 0. The third-order valence-corrected chi connectivity index (χ3v) is 12.8. The fourth-order valence-corrected chi connectivity index (χ4v) is 10.0. The van der Waals surface area contributed by atoms with Crippen LogP contribution in [0.1, 0.15) is 57.4 Å². The van der Waals surface area contributed by atoms with Crippen LogP contribution in [0.25, 0.3) is 60.9 Å². The molecule has 1 heterocycles. The predicted molar refractivity (Wildman–Crippen MR) is 243 cm³/mol. The summed E-state index contributed by atoms with van der Waals surface area (Å²) in [5.41, 5.74) is 20.1. The van der Waals surface area contributed by atoms with Crippen LogP contribution in [0.5, 0.6) is 0 Å². The molecule has 0 spiro atoms. The summed E-state index contributed by atoms with van der Waals surface area (Å²) >= 11 is 0. The first-order valence-corrected chi connectivity index (χ1v) is 19.8. The number of hydrogen-bond donors (Lipinski definition) is 0. The van der Waals surface area contributed by atoms with Crippen molar-refractivity contribution in [1.29, 1.82) is 0 Å². The van der Waals surface area contributed by atoms with Gasteiger partial charge >= 0.3 is 0 Å². The first-order valence-electron chi connectivity index (χ1n) is 19.8. The van der Waals surface area contributed by atoms with Crippen LogP contribution in [0.3, 0.4) is 0 Å². The predicted octanol–water partition coefficient (Wildman–Crippen LogP) is 15.2. The molecule has 57 heavy (non-hydrogen) atoms. The lowest BCUT2D eigenvalue weighted by Crippen LogP contribution is -2.17. The molecule has 0 unspecified atom stereocenters. The molecule has 11 rings (SSSR count). The van der Waals surface area contributed by atoms with Gasteiger partial charge in [0.25, 0.3) is 0 Å². The minimum Gasteiger partial charge on any atom is -0.310 e. The highest BCUT2D eigenvalue weighted by Crippen LogP contribution is 2.53. The number of fused-ring (bicyclic) bond motifs is 9. The van der Waals surface area contributed by atoms with Crippen molar-refractivity contribution in [3.63, 3.8) is 0 Å². The van der Waals surface area contributed by atoms with E-state index < -0.39 is 0 Å². The maximum absolute atomic E-state index is 2.49. The highest BCUT2D eigenvalue weighted by Gasteiger charge is 2.37. The van der Waals surface area contributed by atoms with E-state index in [-0.39, 0.29) is 18.3 Å². The number of anilines is 3.